The summed E-state index contributed by atoms with van der Waals surface area (Å²) in [5, 5.41) is 0. The van der Waals surface area contributed by atoms with Gasteiger partial charge in [-0.2, -0.15) is 0 Å². The normalized spacial score (nSPS) is 12.2. The van der Waals surface area contributed by atoms with E-state index in [4.69, 9.17) is 10.5 Å². The number of ketones is 1. The molecular formula is C13H20N2O2. The van der Waals surface area contributed by atoms with Crippen molar-refractivity contribution in [2.24, 2.45) is 0 Å². The van der Waals surface area contributed by atoms with Crippen molar-refractivity contribution in [2.45, 2.75) is 19.9 Å². The molecule has 4 heteroatoms. The third-order valence-corrected chi connectivity index (χ3v) is 2.89. The first-order valence-electron chi connectivity index (χ1n) is 5.59. The van der Waals surface area contributed by atoms with Gasteiger partial charge in [0.2, 0.25) is 0 Å². The summed E-state index contributed by atoms with van der Waals surface area (Å²) >= 11 is 0. The molecule has 1 atom stereocenters. The first-order chi connectivity index (χ1) is 7.97. The number of hydrogen-bond acceptors (Lipinski definition) is 4. The van der Waals surface area contributed by atoms with Crippen LogP contribution in [0.4, 0.5) is 11.4 Å². The molecule has 0 radical (unpaired) electrons. The first-order valence-corrected chi connectivity index (χ1v) is 5.59. The molecule has 1 aromatic carbocycles. The first kappa shape index (κ1) is 13.5. The van der Waals surface area contributed by atoms with E-state index in [1.165, 1.54) is 6.92 Å². The maximum absolute atomic E-state index is 11.4. The molecule has 4 nitrogen and oxygen atoms in total. The number of ether oxygens (including phenoxy) is 1. The molecule has 0 aromatic heterocycles. The Labute approximate surface area is 102 Å². The second-order valence-electron chi connectivity index (χ2n) is 4.24. The minimum absolute atomic E-state index is 0.0165. The van der Waals surface area contributed by atoms with E-state index in [9.17, 15) is 4.79 Å². The molecule has 0 aliphatic rings. The Bertz CT molecular complexity index is 404. The Morgan fingerprint density at radius 2 is 2.18 bits per heavy atom. The van der Waals surface area contributed by atoms with Crippen molar-refractivity contribution in [3.05, 3.63) is 23.8 Å². The van der Waals surface area contributed by atoms with Gasteiger partial charge in [0, 0.05) is 37.1 Å². The number of nitrogen functional groups attached to an aromatic ring is 1. The van der Waals surface area contributed by atoms with E-state index >= 15 is 0 Å². The highest BCUT2D eigenvalue weighted by molar-refractivity contribution is 6.00. The predicted molar refractivity (Wildman–Crippen MR) is 70.6 cm³/mol. The summed E-state index contributed by atoms with van der Waals surface area (Å²) in [6, 6.07) is 5.74. The zero-order valence-electron chi connectivity index (χ0n) is 10.9. The van der Waals surface area contributed by atoms with Crippen molar-refractivity contribution >= 4 is 17.2 Å². The number of anilines is 2. The lowest BCUT2D eigenvalue weighted by Gasteiger charge is -2.27. The van der Waals surface area contributed by atoms with E-state index in [2.05, 4.69) is 11.8 Å². The minimum Gasteiger partial charge on any atom is -0.398 e. The van der Waals surface area contributed by atoms with Crippen LogP contribution in [0.25, 0.3) is 0 Å². The lowest BCUT2D eigenvalue weighted by atomic mass is 10.1. The van der Waals surface area contributed by atoms with E-state index in [1.807, 2.05) is 19.2 Å². The molecule has 0 heterocycles. The van der Waals surface area contributed by atoms with Crippen molar-refractivity contribution in [1.82, 2.24) is 0 Å². The number of benzene rings is 1. The molecule has 0 fully saturated rings. The average Bonchev–Trinajstić information content (AvgIpc) is 2.28. The van der Waals surface area contributed by atoms with E-state index in [0.717, 1.165) is 5.69 Å². The van der Waals surface area contributed by atoms with E-state index < -0.39 is 0 Å². The van der Waals surface area contributed by atoms with Crippen LogP contribution >= 0.6 is 0 Å². The average molecular weight is 236 g/mol. The molecule has 0 spiro atoms. The van der Waals surface area contributed by atoms with Gasteiger partial charge in [-0.15, -0.1) is 0 Å². The molecule has 0 saturated heterocycles. The summed E-state index contributed by atoms with van der Waals surface area (Å²) < 4.78 is 5.11. The zero-order valence-corrected chi connectivity index (χ0v) is 10.9. The fourth-order valence-electron chi connectivity index (χ4n) is 1.68. The van der Waals surface area contributed by atoms with Crippen molar-refractivity contribution in [3.8, 4) is 0 Å². The molecule has 0 aliphatic heterocycles. The quantitative estimate of drug-likeness (QED) is 0.627. The van der Waals surface area contributed by atoms with Gasteiger partial charge in [-0.3, -0.25) is 4.79 Å². The van der Waals surface area contributed by atoms with Crippen LogP contribution in [0.3, 0.4) is 0 Å². The van der Waals surface area contributed by atoms with Gasteiger partial charge in [-0.05, 0) is 32.0 Å². The lowest BCUT2D eigenvalue weighted by Crippen LogP contribution is -2.32. The molecule has 0 amide bonds. The summed E-state index contributed by atoms with van der Waals surface area (Å²) in [4.78, 5) is 13.5. The molecule has 0 bridgehead atoms. The summed E-state index contributed by atoms with van der Waals surface area (Å²) in [6.07, 6.45) is 0. The van der Waals surface area contributed by atoms with Crippen LogP contribution in [0.2, 0.25) is 0 Å². The largest absolute Gasteiger partial charge is 0.398 e. The van der Waals surface area contributed by atoms with Crippen molar-refractivity contribution < 1.29 is 9.53 Å². The van der Waals surface area contributed by atoms with Crippen molar-refractivity contribution in [2.75, 3.05) is 31.4 Å². The molecule has 1 aromatic rings. The maximum Gasteiger partial charge on any atom is 0.161 e. The highest BCUT2D eigenvalue weighted by atomic mass is 16.5. The number of nitrogens with zero attached hydrogens (tertiary/aromatic N) is 1. The Morgan fingerprint density at radius 3 is 2.71 bits per heavy atom. The van der Waals surface area contributed by atoms with Crippen LogP contribution in [0.1, 0.15) is 24.2 Å². The van der Waals surface area contributed by atoms with Crippen LogP contribution in [0.15, 0.2) is 18.2 Å². The highest BCUT2D eigenvalue weighted by Gasteiger charge is 2.12. The minimum atomic E-state index is -0.0165. The van der Waals surface area contributed by atoms with Gasteiger partial charge in [0.05, 0.1) is 6.61 Å². The fraction of sp³-hybridized carbons (Fsp3) is 0.462. The smallest absolute Gasteiger partial charge is 0.161 e. The Morgan fingerprint density at radius 1 is 1.53 bits per heavy atom. The highest BCUT2D eigenvalue weighted by Crippen LogP contribution is 2.22. The summed E-state index contributed by atoms with van der Waals surface area (Å²) in [5.41, 5.74) is 7.82. The topological polar surface area (TPSA) is 55.6 Å². The second-order valence-corrected chi connectivity index (χ2v) is 4.24. The van der Waals surface area contributed by atoms with Crippen LogP contribution in [0.5, 0.6) is 0 Å². The SMILES string of the molecule is COCC(C)N(C)c1ccc(N)c(C(C)=O)c1. The summed E-state index contributed by atoms with van der Waals surface area (Å²) in [5.74, 6) is -0.0165. The van der Waals surface area contributed by atoms with Gasteiger partial charge < -0.3 is 15.4 Å². The third-order valence-electron chi connectivity index (χ3n) is 2.89. The monoisotopic (exact) mass is 236 g/mol. The van der Waals surface area contributed by atoms with Crippen molar-refractivity contribution in [1.29, 1.82) is 0 Å². The Balaban J connectivity index is 2.99. The molecule has 1 rings (SSSR count). The molecule has 0 aliphatic carbocycles. The number of Topliss-reactive ketones (excluding diaryl/α,β-unsaturated/α-hetero) is 1. The number of hydrogen-bond donors (Lipinski definition) is 1. The van der Waals surface area contributed by atoms with Crippen molar-refractivity contribution in [3.63, 3.8) is 0 Å². The van der Waals surface area contributed by atoms with Gasteiger partial charge in [0.25, 0.3) is 0 Å². The number of rotatable bonds is 5. The summed E-state index contributed by atoms with van der Waals surface area (Å²) in [7, 11) is 3.65. The van der Waals surface area contributed by atoms with Gasteiger partial charge in [-0.25, -0.2) is 0 Å². The van der Waals surface area contributed by atoms with Gasteiger partial charge in [-0.1, -0.05) is 0 Å². The summed E-state index contributed by atoms with van der Waals surface area (Å²) in [6.45, 7) is 4.22. The van der Waals surface area contributed by atoms with E-state index in [0.29, 0.717) is 17.9 Å². The number of carbonyl (C=O) groups excluding carboxylic acids is 1. The maximum atomic E-state index is 11.4. The van der Waals surface area contributed by atoms with Gasteiger partial charge >= 0.3 is 0 Å². The second kappa shape index (κ2) is 5.68. The number of carbonyl (C=O) groups is 1. The molecule has 94 valence electrons. The van der Waals surface area contributed by atoms with E-state index in [-0.39, 0.29) is 11.8 Å². The number of methoxy groups -OCH3 is 1. The lowest BCUT2D eigenvalue weighted by molar-refractivity contribution is 0.101. The molecule has 2 N–H and O–H groups in total. The van der Waals surface area contributed by atoms with Crippen LogP contribution in [-0.4, -0.2) is 32.6 Å². The predicted octanol–water partition coefficient (Wildman–Crippen LogP) is 1.94. The van der Waals surface area contributed by atoms with Crippen LogP contribution < -0.4 is 10.6 Å². The number of nitrogens with two attached hydrogens (primary N) is 1. The fourth-order valence-corrected chi connectivity index (χ4v) is 1.68. The molecular weight excluding hydrogens is 216 g/mol. The van der Waals surface area contributed by atoms with Crippen LogP contribution in [0, 0.1) is 0 Å². The molecule has 0 saturated carbocycles. The number of likely N-dealkylation sites (N-methyl/N-ethyl adjacent to an activating group) is 1. The zero-order chi connectivity index (χ0) is 13.0. The van der Waals surface area contributed by atoms with Crippen LogP contribution in [-0.2, 0) is 4.74 Å². The van der Waals surface area contributed by atoms with E-state index in [1.54, 1.807) is 13.2 Å². The third kappa shape index (κ3) is 3.20. The molecule has 1 unspecified atom stereocenters. The molecule has 17 heavy (non-hydrogen) atoms. The Hall–Kier alpha value is -1.55. The van der Waals surface area contributed by atoms with Gasteiger partial charge in [0.15, 0.2) is 5.78 Å². The van der Waals surface area contributed by atoms with Gasteiger partial charge in [0.1, 0.15) is 0 Å². The Kier molecular flexibility index (Phi) is 4.52. The standard InChI is InChI=1S/C13H20N2O2/c1-9(8-17-4)15(3)11-5-6-13(14)12(7-11)10(2)16/h5-7,9H,8,14H2,1-4H3.